The maximum Gasteiger partial charge on any atom is 0 e. The van der Waals surface area contributed by atoms with Crippen molar-refractivity contribution in [3.63, 3.8) is 0 Å². The summed E-state index contributed by atoms with van der Waals surface area (Å²) in [5, 5.41) is 0. The summed E-state index contributed by atoms with van der Waals surface area (Å²) >= 11 is 0. The van der Waals surface area contributed by atoms with Gasteiger partial charge >= 0.3 is 40.0 Å². The van der Waals surface area contributed by atoms with Crippen LogP contribution in [0.25, 0.3) is 0 Å². The van der Waals surface area contributed by atoms with Crippen molar-refractivity contribution in [1.82, 2.24) is 4.90 Å². The van der Waals surface area contributed by atoms with E-state index in [2.05, 4.69) is 24.7 Å². The quantitative estimate of drug-likeness (QED) is 0.385. The SMILES string of the molecule is COC(=O)N1C=CC=CC=C1.[C-]#[O+].[C-]#[O+].[C-]#[O+].[Fe]. The van der Waals surface area contributed by atoms with Gasteiger partial charge in [-0.1, -0.05) is 12.2 Å². The first kappa shape index (κ1) is 25.2. The zero-order valence-corrected chi connectivity index (χ0v) is 10.4. The number of allylic oxidation sites excluding steroid dienone is 4. The molecule has 0 aliphatic carbocycles. The Hall–Kier alpha value is -1.77. The molecule has 6 nitrogen and oxygen atoms in total. The summed E-state index contributed by atoms with van der Waals surface area (Å²) in [5.74, 6) is 0. The van der Waals surface area contributed by atoms with Gasteiger partial charge in [-0.25, -0.2) is 4.79 Å². The first-order valence-electron chi connectivity index (χ1n) is 3.84. The molecule has 0 bridgehead atoms. The normalized spacial score (nSPS) is 9.39. The van der Waals surface area contributed by atoms with Crippen molar-refractivity contribution in [3.8, 4) is 0 Å². The van der Waals surface area contributed by atoms with Gasteiger partial charge < -0.3 is 4.74 Å². The number of hydrogen-bond donors (Lipinski definition) is 0. The minimum atomic E-state index is -0.388. The van der Waals surface area contributed by atoms with Crippen LogP contribution < -0.4 is 0 Å². The number of carbonyl (C=O) groups excluding carboxylic acids is 1. The molecule has 0 saturated heterocycles. The molecule has 1 heterocycles. The zero-order chi connectivity index (χ0) is 14.1. The summed E-state index contributed by atoms with van der Waals surface area (Å²) in [6.45, 7) is 13.5. The van der Waals surface area contributed by atoms with Crippen molar-refractivity contribution in [2.75, 3.05) is 7.11 Å². The summed E-state index contributed by atoms with van der Waals surface area (Å²) in [6, 6.07) is 0. The second-order valence-corrected chi connectivity index (χ2v) is 1.95. The van der Waals surface area contributed by atoms with Gasteiger partial charge in [-0.3, -0.25) is 4.90 Å². The van der Waals surface area contributed by atoms with Crippen LogP contribution in [0.5, 0.6) is 0 Å². The van der Waals surface area contributed by atoms with Crippen molar-refractivity contribution in [1.29, 1.82) is 0 Å². The van der Waals surface area contributed by atoms with Crippen LogP contribution >= 0.6 is 0 Å². The summed E-state index contributed by atoms with van der Waals surface area (Å²) in [6.07, 6.45) is 10.1. The van der Waals surface area contributed by atoms with Gasteiger partial charge in [0.2, 0.25) is 0 Å². The molecule has 0 N–H and O–H groups in total. The van der Waals surface area contributed by atoms with Gasteiger partial charge in [0, 0.05) is 29.5 Å². The van der Waals surface area contributed by atoms with E-state index in [4.69, 9.17) is 14.0 Å². The monoisotopic (exact) mass is 291 g/mol. The molecule has 0 radical (unpaired) electrons. The smallest absolute Gasteiger partial charge is 0 e. The van der Waals surface area contributed by atoms with Gasteiger partial charge in [0.25, 0.3) is 0 Å². The Kier molecular flexibility index (Phi) is 34.2. The van der Waals surface area contributed by atoms with Crippen molar-refractivity contribution < 1.29 is 40.6 Å². The number of carbonyl (C=O) groups is 1. The fourth-order valence-electron chi connectivity index (χ4n) is 0.690. The average molecular weight is 291 g/mol. The van der Waals surface area contributed by atoms with Gasteiger partial charge in [-0.2, -0.15) is 0 Å². The van der Waals surface area contributed by atoms with Crippen LogP contribution in [0.3, 0.4) is 0 Å². The standard InChI is InChI=1S/C8H9NO2.3CO.Fe/c1-11-8(10)9-6-4-2-3-5-7-9;3*1-2;/h2-7H,1H3;;;;. The first-order chi connectivity index (χ1) is 8.34. The summed E-state index contributed by atoms with van der Waals surface area (Å²) in [7, 11) is 1.35. The Bertz CT molecular complexity index is 311. The van der Waals surface area contributed by atoms with Crippen molar-refractivity contribution in [3.05, 3.63) is 56.7 Å². The number of hydrogen-bond acceptors (Lipinski definition) is 2. The van der Waals surface area contributed by atoms with Crippen LogP contribution in [0.15, 0.2) is 36.7 Å². The molecular formula is C11H9FeNO5. The van der Waals surface area contributed by atoms with E-state index >= 15 is 0 Å². The molecule has 1 amide bonds. The van der Waals surface area contributed by atoms with Crippen LogP contribution in [0.4, 0.5) is 4.79 Å². The van der Waals surface area contributed by atoms with Crippen LogP contribution in [0, 0.1) is 20.0 Å². The third kappa shape index (κ3) is 14.2. The molecule has 0 saturated carbocycles. The Morgan fingerprint density at radius 2 is 1.28 bits per heavy atom. The van der Waals surface area contributed by atoms with Crippen molar-refractivity contribution in [2.24, 2.45) is 0 Å². The number of methoxy groups -OCH3 is 1. The molecule has 0 spiro atoms. The Balaban J connectivity index is -0.000000123. The summed E-state index contributed by atoms with van der Waals surface area (Å²) < 4.78 is 27.0. The molecule has 0 atom stereocenters. The second kappa shape index (κ2) is 24.5. The van der Waals surface area contributed by atoms with E-state index in [1.54, 1.807) is 24.6 Å². The zero-order valence-electron chi connectivity index (χ0n) is 9.31. The molecule has 0 aromatic heterocycles. The first-order valence-corrected chi connectivity index (χ1v) is 3.84. The van der Waals surface area contributed by atoms with Gasteiger partial charge in [0.05, 0.1) is 7.11 Å². The van der Waals surface area contributed by atoms with Gasteiger partial charge in [0.15, 0.2) is 0 Å². The predicted octanol–water partition coefficient (Wildman–Crippen LogP) is 1.54. The summed E-state index contributed by atoms with van der Waals surface area (Å²) in [5.41, 5.74) is 0. The third-order valence-electron chi connectivity index (χ3n) is 1.21. The number of amides is 1. The average Bonchev–Trinajstić information content (AvgIpc) is 2.73. The molecule has 0 fully saturated rings. The van der Waals surface area contributed by atoms with Crippen LogP contribution in [-0.4, -0.2) is 18.1 Å². The van der Waals surface area contributed by atoms with E-state index in [1.807, 2.05) is 12.2 Å². The van der Waals surface area contributed by atoms with E-state index in [0.29, 0.717) is 0 Å². The third-order valence-corrected chi connectivity index (χ3v) is 1.21. The Morgan fingerprint density at radius 1 is 0.944 bits per heavy atom. The topological polar surface area (TPSA) is 89.2 Å². The number of nitrogens with zero attached hydrogens (tertiary/aromatic N) is 1. The van der Waals surface area contributed by atoms with Crippen LogP contribution in [0.2, 0.25) is 0 Å². The van der Waals surface area contributed by atoms with E-state index in [1.165, 1.54) is 12.0 Å². The molecule has 1 aliphatic heterocycles. The Labute approximate surface area is 116 Å². The van der Waals surface area contributed by atoms with Crippen LogP contribution in [-0.2, 0) is 35.8 Å². The van der Waals surface area contributed by atoms with Gasteiger partial charge in [-0.15, -0.1) is 0 Å². The maximum absolute atomic E-state index is 10.9. The minimum absolute atomic E-state index is 0. The molecule has 1 rings (SSSR count). The molecule has 0 aromatic rings. The molecule has 1 aliphatic rings. The summed E-state index contributed by atoms with van der Waals surface area (Å²) in [4.78, 5) is 12.3. The molecular weight excluding hydrogens is 282 g/mol. The fraction of sp³-hybridized carbons (Fsp3) is 0.0909. The predicted molar refractivity (Wildman–Crippen MR) is 53.5 cm³/mol. The van der Waals surface area contributed by atoms with E-state index in [9.17, 15) is 4.79 Å². The van der Waals surface area contributed by atoms with Crippen molar-refractivity contribution in [2.45, 2.75) is 0 Å². The minimum Gasteiger partial charge on any atom is 0 e. The molecule has 0 unspecified atom stereocenters. The fourth-order valence-corrected chi connectivity index (χ4v) is 0.690. The van der Waals surface area contributed by atoms with E-state index < -0.39 is 0 Å². The van der Waals surface area contributed by atoms with Gasteiger partial charge in [-0.05, 0) is 12.2 Å². The van der Waals surface area contributed by atoms with E-state index in [-0.39, 0.29) is 23.2 Å². The number of rotatable bonds is 0. The van der Waals surface area contributed by atoms with Crippen molar-refractivity contribution >= 4 is 6.09 Å². The second-order valence-electron chi connectivity index (χ2n) is 1.95. The van der Waals surface area contributed by atoms with E-state index in [0.717, 1.165) is 0 Å². The van der Waals surface area contributed by atoms with Gasteiger partial charge in [0.1, 0.15) is 0 Å². The molecule has 18 heavy (non-hydrogen) atoms. The Morgan fingerprint density at radius 3 is 1.56 bits per heavy atom. The molecule has 0 aromatic carbocycles. The van der Waals surface area contributed by atoms with Crippen LogP contribution in [0.1, 0.15) is 0 Å². The molecule has 96 valence electrons. The maximum atomic E-state index is 10.9. The number of ether oxygens (including phenoxy) is 1. The molecule has 7 heteroatoms. The largest absolute Gasteiger partial charge is 0 e.